The molecule has 5 nitrogen and oxygen atoms in total. The van der Waals surface area contributed by atoms with Crippen molar-refractivity contribution < 1.29 is 28.2 Å². The van der Waals surface area contributed by atoms with Crippen molar-refractivity contribution in [3.63, 3.8) is 0 Å². The highest BCUT2D eigenvalue weighted by atomic mass is 19.2. The highest BCUT2D eigenvalue weighted by Crippen LogP contribution is 2.22. The summed E-state index contributed by atoms with van der Waals surface area (Å²) >= 11 is 0. The smallest absolute Gasteiger partial charge is 0.337 e. The quantitative estimate of drug-likeness (QED) is 0.880. The van der Waals surface area contributed by atoms with Crippen LogP contribution in [0.15, 0.2) is 12.1 Å². The van der Waals surface area contributed by atoms with Gasteiger partial charge in [-0.25, -0.2) is 13.6 Å². The zero-order valence-electron chi connectivity index (χ0n) is 10.6. The van der Waals surface area contributed by atoms with Crippen LogP contribution in [-0.4, -0.2) is 29.7 Å². The Morgan fingerprint density at radius 1 is 1.26 bits per heavy atom. The van der Waals surface area contributed by atoms with Crippen molar-refractivity contribution >= 4 is 17.6 Å². The summed E-state index contributed by atoms with van der Waals surface area (Å²) in [6, 6.07) is 1.12. The molecule has 0 saturated heterocycles. The molecule has 0 atom stereocenters. The lowest BCUT2D eigenvalue weighted by atomic mass is 10.1. The molecule has 0 saturated carbocycles. The Morgan fingerprint density at radius 2 is 1.79 bits per heavy atom. The number of anilines is 1. The largest absolute Gasteiger partial charge is 0.478 e. The Balaban J connectivity index is 3.17. The van der Waals surface area contributed by atoms with Crippen LogP contribution in [0.4, 0.5) is 14.5 Å². The second-order valence-corrected chi connectivity index (χ2v) is 4.29. The van der Waals surface area contributed by atoms with Crippen LogP contribution in [0.1, 0.15) is 24.2 Å². The van der Waals surface area contributed by atoms with Crippen molar-refractivity contribution in [3.05, 3.63) is 29.3 Å². The van der Waals surface area contributed by atoms with Gasteiger partial charge in [-0.05, 0) is 19.9 Å². The first-order valence-corrected chi connectivity index (χ1v) is 5.28. The molecule has 0 heterocycles. The normalized spacial score (nSPS) is 11.2. The highest BCUT2D eigenvalue weighted by molar-refractivity contribution is 6.03. The number of methoxy groups -OCH3 is 1. The van der Waals surface area contributed by atoms with Gasteiger partial charge in [0.25, 0.3) is 5.91 Å². The van der Waals surface area contributed by atoms with Gasteiger partial charge in [-0.3, -0.25) is 4.79 Å². The average molecular weight is 273 g/mol. The monoisotopic (exact) mass is 273 g/mol. The number of ether oxygens (including phenoxy) is 1. The van der Waals surface area contributed by atoms with Gasteiger partial charge in [0.05, 0.1) is 11.3 Å². The number of benzene rings is 1. The third-order valence-corrected chi connectivity index (χ3v) is 2.60. The van der Waals surface area contributed by atoms with E-state index in [1.54, 1.807) is 0 Å². The summed E-state index contributed by atoms with van der Waals surface area (Å²) in [4.78, 5) is 22.7. The van der Waals surface area contributed by atoms with Crippen LogP contribution in [0.25, 0.3) is 0 Å². The fourth-order valence-corrected chi connectivity index (χ4v) is 1.19. The molecule has 104 valence electrons. The van der Waals surface area contributed by atoms with Gasteiger partial charge in [-0.15, -0.1) is 0 Å². The molecule has 0 spiro atoms. The third-order valence-electron chi connectivity index (χ3n) is 2.60. The molecule has 0 aliphatic heterocycles. The van der Waals surface area contributed by atoms with E-state index in [-0.39, 0.29) is 5.69 Å². The Labute approximate surface area is 108 Å². The van der Waals surface area contributed by atoms with Gasteiger partial charge < -0.3 is 15.2 Å². The first-order valence-electron chi connectivity index (χ1n) is 5.28. The molecule has 1 amide bonds. The predicted molar refractivity (Wildman–Crippen MR) is 63.0 cm³/mol. The van der Waals surface area contributed by atoms with Gasteiger partial charge >= 0.3 is 5.97 Å². The minimum Gasteiger partial charge on any atom is -0.478 e. The van der Waals surface area contributed by atoms with Crippen LogP contribution >= 0.6 is 0 Å². The number of halogens is 2. The lowest BCUT2D eigenvalue weighted by Crippen LogP contribution is -2.39. The van der Waals surface area contributed by atoms with E-state index in [1.165, 1.54) is 21.0 Å². The first kappa shape index (κ1) is 15.0. The maximum absolute atomic E-state index is 13.1. The fraction of sp³-hybridized carbons (Fsp3) is 0.333. The summed E-state index contributed by atoms with van der Waals surface area (Å²) in [5, 5.41) is 11.1. The maximum atomic E-state index is 13.1. The lowest BCUT2D eigenvalue weighted by Gasteiger charge is -2.22. The van der Waals surface area contributed by atoms with Crippen LogP contribution in [0, 0.1) is 11.6 Å². The van der Waals surface area contributed by atoms with Crippen molar-refractivity contribution in [2.24, 2.45) is 0 Å². The second kappa shape index (κ2) is 5.31. The lowest BCUT2D eigenvalue weighted by molar-refractivity contribution is -0.133. The molecule has 1 aromatic carbocycles. The number of nitrogens with one attached hydrogen (secondary N) is 1. The molecule has 1 rings (SSSR count). The molecular weight excluding hydrogens is 260 g/mol. The number of carboxylic acid groups (broad SMARTS) is 1. The minimum atomic E-state index is -1.48. The Bertz CT molecular complexity index is 529. The van der Waals surface area contributed by atoms with Gasteiger partial charge in [0.15, 0.2) is 11.6 Å². The molecule has 0 fully saturated rings. The second-order valence-electron chi connectivity index (χ2n) is 4.29. The number of amides is 1. The van der Waals surface area contributed by atoms with E-state index in [2.05, 4.69) is 5.32 Å². The van der Waals surface area contributed by atoms with Gasteiger partial charge in [0.2, 0.25) is 0 Å². The van der Waals surface area contributed by atoms with Crippen LogP contribution in [-0.2, 0) is 9.53 Å². The molecule has 0 aliphatic carbocycles. The number of carboxylic acids is 1. The standard InChI is InChI=1S/C12H13F2NO4/c1-12(2,19-3)11(18)15-9-5-8(14)7(13)4-6(9)10(16)17/h4-5H,1-3H3,(H,15,18)(H,16,17). The zero-order chi connectivity index (χ0) is 14.8. The van der Waals surface area contributed by atoms with E-state index in [4.69, 9.17) is 9.84 Å². The zero-order valence-corrected chi connectivity index (χ0v) is 10.6. The van der Waals surface area contributed by atoms with Crippen LogP contribution < -0.4 is 5.32 Å². The van der Waals surface area contributed by atoms with E-state index in [0.29, 0.717) is 12.1 Å². The summed E-state index contributed by atoms with van der Waals surface area (Å²) in [7, 11) is 1.29. The number of rotatable bonds is 4. The molecule has 0 aliphatic rings. The van der Waals surface area contributed by atoms with Gasteiger partial charge in [-0.1, -0.05) is 0 Å². The Morgan fingerprint density at radius 3 is 2.26 bits per heavy atom. The third kappa shape index (κ3) is 3.25. The summed E-state index contributed by atoms with van der Waals surface area (Å²) in [6.45, 7) is 2.89. The number of carbonyl (C=O) groups excluding carboxylic acids is 1. The number of carbonyl (C=O) groups is 2. The van der Waals surface area contributed by atoms with Crippen LogP contribution in [0.3, 0.4) is 0 Å². The molecule has 2 N–H and O–H groups in total. The highest BCUT2D eigenvalue weighted by Gasteiger charge is 2.28. The minimum absolute atomic E-state index is 0.332. The summed E-state index contributed by atoms with van der Waals surface area (Å²) in [6.07, 6.45) is 0. The molecule has 7 heteroatoms. The number of hydrogen-bond acceptors (Lipinski definition) is 3. The molecule has 0 radical (unpaired) electrons. The van der Waals surface area contributed by atoms with E-state index < -0.39 is 34.7 Å². The summed E-state index contributed by atoms with van der Waals surface area (Å²) in [5.74, 6) is -4.72. The average Bonchev–Trinajstić information content (AvgIpc) is 2.32. The van der Waals surface area contributed by atoms with E-state index >= 15 is 0 Å². The van der Waals surface area contributed by atoms with Crippen molar-refractivity contribution in [1.29, 1.82) is 0 Å². The molecule has 0 unspecified atom stereocenters. The van der Waals surface area contributed by atoms with Gasteiger partial charge in [0.1, 0.15) is 5.60 Å². The van der Waals surface area contributed by atoms with Crippen molar-refractivity contribution in [1.82, 2.24) is 0 Å². The fourth-order valence-electron chi connectivity index (χ4n) is 1.19. The molecule has 0 aromatic heterocycles. The van der Waals surface area contributed by atoms with Crippen LogP contribution in [0.2, 0.25) is 0 Å². The molecule has 1 aromatic rings. The number of aromatic carboxylic acids is 1. The maximum Gasteiger partial charge on any atom is 0.337 e. The van der Waals surface area contributed by atoms with Crippen molar-refractivity contribution in [2.75, 3.05) is 12.4 Å². The molecule has 19 heavy (non-hydrogen) atoms. The van der Waals surface area contributed by atoms with Crippen LogP contribution in [0.5, 0.6) is 0 Å². The topological polar surface area (TPSA) is 75.6 Å². The first-order chi connectivity index (χ1) is 8.69. The van der Waals surface area contributed by atoms with E-state index in [1.807, 2.05) is 0 Å². The van der Waals surface area contributed by atoms with Gasteiger partial charge in [0, 0.05) is 13.2 Å². The summed E-state index contributed by atoms with van der Waals surface area (Å²) < 4.78 is 31.0. The molecule has 0 bridgehead atoms. The predicted octanol–water partition coefficient (Wildman–Crippen LogP) is 2.03. The van der Waals surface area contributed by atoms with Crippen molar-refractivity contribution in [3.8, 4) is 0 Å². The van der Waals surface area contributed by atoms with Gasteiger partial charge in [-0.2, -0.15) is 0 Å². The Kier molecular flexibility index (Phi) is 4.21. The summed E-state index contributed by atoms with van der Waals surface area (Å²) in [5.41, 5.74) is -2.11. The van der Waals surface area contributed by atoms with Crippen molar-refractivity contribution in [2.45, 2.75) is 19.4 Å². The molecular formula is C12H13F2NO4. The van der Waals surface area contributed by atoms with E-state index in [0.717, 1.165) is 0 Å². The SMILES string of the molecule is COC(C)(C)C(=O)Nc1cc(F)c(F)cc1C(=O)O. The Hall–Kier alpha value is -2.02. The van der Waals surface area contributed by atoms with E-state index in [9.17, 15) is 18.4 Å². The number of hydrogen-bond donors (Lipinski definition) is 2.